The number of pyridine rings is 2. The van der Waals surface area contributed by atoms with Gasteiger partial charge in [-0.3, -0.25) is 14.6 Å². The predicted molar refractivity (Wildman–Crippen MR) is 128 cm³/mol. The molecule has 1 aliphatic heterocycles. The van der Waals surface area contributed by atoms with Crippen LogP contribution in [-0.2, 0) is 4.79 Å². The van der Waals surface area contributed by atoms with Gasteiger partial charge in [0, 0.05) is 68.5 Å². The Balaban J connectivity index is 1.50. The highest BCUT2D eigenvalue weighted by atomic mass is 16.2. The number of hydrogen-bond acceptors (Lipinski definition) is 5. The van der Waals surface area contributed by atoms with Gasteiger partial charge in [0.25, 0.3) is 5.56 Å². The Labute approximate surface area is 189 Å². The quantitative estimate of drug-likeness (QED) is 0.592. The fourth-order valence-electron chi connectivity index (χ4n) is 4.18. The molecule has 7 nitrogen and oxygen atoms in total. The van der Waals surface area contributed by atoms with E-state index in [1.165, 1.54) is 12.8 Å². The van der Waals surface area contributed by atoms with Crippen molar-refractivity contribution in [2.45, 2.75) is 45.2 Å². The summed E-state index contributed by atoms with van der Waals surface area (Å²) in [7, 11) is 0. The third kappa shape index (κ3) is 5.65. The number of aromatic nitrogens is 2. The maximum absolute atomic E-state index is 12.8. The summed E-state index contributed by atoms with van der Waals surface area (Å²) in [5, 5.41) is 3.29. The molecule has 2 aromatic rings. The van der Waals surface area contributed by atoms with Crippen LogP contribution in [0.2, 0.25) is 0 Å². The van der Waals surface area contributed by atoms with Gasteiger partial charge in [-0.05, 0) is 48.9 Å². The zero-order chi connectivity index (χ0) is 22.5. The molecule has 0 spiro atoms. The SMILES string of the molecule is CC(C)NC/C=C/C(=O)N1CC[C@@H](N(CC2CC2)c2cc(-c3ccncc3)c[nH]c2=O)C1. The number of rotatable bonds is 9. The lowest BCUT2D eigenvalue weighted by molar-refractivity contribution is -0.125. The van der Waals surface area contributed by atoms with Crippen LogP contribution in [0.15, 0.2) is 53.7 Å². The molecule has 1 amide bonds. The second-order valence-corrected chi connectivity index (χ2v) is 9.13. The summed E-state index contributed by atoms with van der Waals surface area (Å²) >= 11 is 0. The van der Waals surface area contributed by atoms with Crippen molar-refractivity contribution in [3.05, 3.63) is 59.3 Å². The molecule has 1 saturated heterocycles. The van der Waals surface area contributed by atoms with E-state index in [1.807, 2.05) is 29.2 Å². The topological polar surface area (TPSA) is 81.3 Å². The van der Waals surface area contributed by atoms with E-state index in [1.54, 1.807) is 24.7 Å². The summed E-state index contributed by atoms with van der Waals surface area (Å²) < 4.78 is 0. The van der Waals surface area contributed by atoms with E-state index in [0.717, 1.165) is 24.1 Å². The van der Waals surface area contributed by atoms with Crippen LogP contribution in [0, 0.1) is 5.92 Å². The average Bonchev–Trinajstić information content (AvgIpc) is 3.49. The van der Waals surface area contributed by atoms with Crippen molar-refractivity contribution >= 4 is 11.6 Å². The largest absolute Gasteiger partial charge is 0.362 e. The Morgan fingerprint density at radius 2 is 2.06 bits per heavy atom. The van der Waals surface area contributed by atoms with Crippen molar-refractivity contribution in [2.24, 2.45) is 5.92 Å². The van der Waals surface area contributed by atoms with E-state index in [9.17, 15) is 9.59 Å². The van der Waals surface area contributed by atoms with Gasteiger partial charge in [0.2, 0.25) is 5.91 Å². The first kappa shape index (κ1) is 22.3. The highest BCUT2D eigenvalue weighted by Gasteiger charge is 2.34. The van der Waals surface area contributed by atoms with Gasteiger partial charge in [0.1, 0.15) is 5.69 Å². The number of hydrogen-bond donors (Lipinski definition) is 2. The Morgan fingerprint density at radius 3 is 2.78 bits per heavy atom. The van der Waals surface area contributed by atoms with Crippen LogP contribution in [0.4, 0.5) is 5.69 Å². The number of amides is 1. The summed E-state index contributed by atoms with van der Waals surface area (Å²) in [6.45, 7) is 7.08. The molecule has 2 N–H and O–H groups in total. The molecule has 0 radical (unpaired) electrons. The fourth-order valence-corrected chi connectivity index (χ4v) is 4.18. The Bertz CT molecular complexity index is 997. The maximum Gasteiger partial charge on any atom is 0.271 e. The molecule has 32 heavy (non-hydrogen) atoms. The van der Waals surface area contributed by atoms with Crippen LogP contribution in [0.25, 0.3) is 11.1 Å². The first-order chi connectivity index (χ1) is 15.5. The van der Waals surface area contributed by atoms with E-state index < -0.39 is 0 Å². The van der Waals surface area contributed by atoms with Crippen LogP contribution in [0.5, 0.6) is 0 Å². The van der Waals surface area contributed by atoms with Gasteiger partial charge in [-0.25, -0.2) is 0 Å². The van der Waals surface area contributed by atoms with Crippen molar-refractivity contribution in [1.29, 1.82) is 0 Å². The molecule has 2 fully saturated rings. The molecule has 170 valence electrons. The lowest BCUT2D eigenvalue weighted by Gasteiger charge is -2.31. The Hall–Kier alpha value is -2.93. The minimum atomic E-state index is -0.0760. The van der Waals surface area contributed by atoms with Crippen molar-refractivity contribution < 1.29 is 4.79 Å². The van der Waals surface area contributed by atoms with Crippen LogP contribution in [0.1, 0.15) is 33.1 Å². The standard InChI is InChI=1S/C25H33N5O2/c1-18(2)27-10-3-4-24(31)29-13-9-22(17-29)30(16-19-5-6-19)23-14-21(15-28-25(23)32)20-7-11-26-12-8-20/h3-4,7-8,11-12,14-15,18-19,22,27H,5-6,9-10,13,16-17H2,1-2H3,(H,28,32)/b4-3+/t22-/m1/s1. The monoisotopic (exact) mass is 435 g/mol. The van der Waals surface area contributed by atoms with Gasteiger partial charge in [-0.1, -0.05) is 19.9 Å². The molecule has 0 bridgehead atoms. The molecule has 2 aliphatic rings. The molecular formula is C25H33N5O2. The first-order valence-corrected chi connectivity index (χ1v) is 11.6. The van der Waals surface area contributed by atoms with Crippen LogP contribution in [-0.4, -0.2) is 59.0 Å². The highest BCUT2D eigenvalue weighted by Crippen LogP contribution is 2.33. The molecule has 2 aromatic heterocycles. The number of anilines is 1. The number of aromatic amines is 1. The average molecular weight is 436 g/mol. The van der Waals surface area contributed by atoms with Crippen molar-refractivity contribution in [2.75, 3.05) is 31.1 Å². The molecule has 1 atom stereocenters. The summed E-state index contributed by atoms with van der Waals surface area (Å²) in [4.78, 5) is 36.7. The minimum absolute atomic E-state index is 0.0453. The summed E-state index contributed by atoms with van der Waals surface area (Å²) in [5.41, 5.74) is 2.61. The van der Waals surface area contributed by atoms with Gasteiger partial charge in [0.15, 0.2) is 0 Å². The molecule has 1 aliphatic carbocycles. The van der Waals surface area contributed by atoms with Crippen LogP contribution in [0.3, 0.4) is 0 Å². The second-order valence-electron chi connectivity index (χ2n) is 9.13. The predicted octanol–water partition coefficient (Wildman–Crippen LogP) is 2.81. The lowest BCUT2D eigenvalue weighted by Crippen LogP contribution is -2.42. The maximum atomic E-state index is 12.8. The molecular weight excluding hydrogens is 402 g/mol. The Kier molecular flexibility index (Phi) is 7.05. The smallest absolute Gasteiger partial charge is 0.271 e. The van der Waals surface area contributed by atoms with Crippen molar-refractivity contribution in [1.82, 2.24) is 20.2 Å². The fraction of sp³-hybridized carbons (Fsp3) is 0.480. The molecule has 7 heteroatoms. The van der Waals surface area contributed by atoms with Gasteiger partial charge in [0.05, 0.1) is 0 Å². The third-order valence-corrected chi connectivity index (χ3v) is 6.18. The molecule has 0 unspecified atom stereocenters. The zero-order valence-electron chi connectivity index (χ0n) is 19.0. The summed E-state index contributed by atoms with van der Waals surface area (Å²) in [6.07, 6.45) is 12.1. The normalized spacial score (nSPS) is 18.6. The number of nitrogens with one attached hydrogen (secondary N) is 2. The number of nitrogens with zero attached hydrogens (tertiary/aromatic N) is 3. The molecule has 0 aromatic carbocycles. The third-order valence-electron chi connectivity index (χ3n) is 6.18. The lowest BCUT2D eigenvalue weighted by atomic mass is 10.1. The van der Waals surface area contributed by atoms with Crippen LogP contribution >= 0.6 is 0 Å². The van der Waals surface area contributed by atoms with E-state index >= 15 is 0 Å². The number of carbonyl (C=O) groups excluding carboxylic acids is 1. The van der Waals surface area contributed by atoms with E-state index in [2.05, 4.69) is 34.0 Å². The zero-order valence-corrected chi connectivity index (χ0v) is 19.0. The summed E-state index contributed by atoms with van der Waals surface area (Å²) in [6, 6.07) is 6.41. The molecule has 3 heterocycles. The van der Waals surface area contributed by atoms with E-state index in [-0.39, 0.29) is 17.5 Å². The molecule has 4 rings (SSSR count). The van der Waals surface area contributed by atoms with Crippen molar-refractivity contribution in [3.63, 3.8) is 0 Å². The van der Waals surface area contributed by atoms with Gasteiger partial charge in [-0.15, -0.1) is 0 Å². The van der Waals surface area contributed by atoms with Crippen LogP contribution < -0.4 is 15.8 Å². The first-order valence-electron chi connectivity index (χ1n) is 11.6. The second kappa shape index (κ2) is 10.1. The van der Waals surface area contributed by atoms with E-state index in [4.69, 9.17) is 0 Å². The van der Waals surface area contributed by atoms with Gasteiger partial charge >= 0.3 is 0 Å². The Morgan fingerprint density at radius 1 is 1.28 bits per heavy atom. The number of H-pyrrole nitrogens is 1. The number of likely N-dealkylation sites (tertiary alicyclic amines) is 1. The minimum Gasteiger partial charge on any atom is -0.362 e. The van der Waals surface area contributed by atoms with Gasteiger partial charge in [-0.2, -0.15) is 0 Å². The van der Waals surface area contributed by atoms with Crippen molar-refractivity contribution in [3.8, 4) is 11.1 Å². The van der Waals surface area contributed by atoms with E-state index in [0.29, 0.717) is 37.3 Å². The number of carbonyl (C=O) groups is 1. The summed E-state index contributed by atoms with van der Waals surface area (Å²) in [5.74, 6) is 0.676. The molecule has 1 saturated carbocycles. The van der Waals surface area contributed by atoms with Gasteiger partial charge < -0.3 is 20.1 Å². The highest BCUT2D eigenvalue weighted by molar-refractivity contribution is 5.88.